The lowest BCUT2D eigenvalue weighted by atomic mass is 10.4. The maximum atomic E-state index is 9.97. The molecule has 1 atom stereocenters. The Bertz CT molecular complexity index is 122. The molecule has 0 saturated heterocycles. The molecule has 5 heteroatoms. The Balaban J connectivity index is 3.80. The van der Waals surface area contributed by atoms with Crippen molar-refractivity contribution in [3.8, 4) is 0 Å². The van der Waals surface area contributed by atoms with Crippen molar-refractivity contribution in [2.75, 3.05) is 0 Å². The number of nitrogens with zero attached hydrogens (tertiary/aromatic N) is 2. The van der Waals surface area contributed by atoms with E-state index in [-0.39, 0.29) is 0 Å². The summed E-state index contributed by atoms with van der Waals surface area (Å²) in [4.78, 5) is 28.7. The van der Waals surface area contributed by atoms with E-state index in [1.54, 1.807) is 0 Å². The Morgan fingerprint density at radius 3 is 2.12 bits per heavy atom. The molecule has 0 aliphatic rings. The zero-order valence-corrected chi connectivity index (χ0v) is 4.20. The molecule has 0 bridgehead atoms. The van der Waals surface area contributed by atoms with Crippen molar-refractivity contribution in [3.63, 3.8) is 0 Å². The van der Waals surface area contributed by atoms with Gasteiger partial charge in [-0.25, -0.2) is 0 Å². The Labute approximate surface area is 45.0 Å². The van der Waals surface area contributed by atoms with Crippen LogP contribution in [0.15, 0.2) is 10.4 Å². The zero-order chi connectivity index (χ0) is 6.57. The van der Waals surface area contributed by atoms with Gasteiger partial charge in [-0.1, -0.05) is 5.18 Å². The summed E-state index contributed by atoms with van der Waals surface area (Å²) in [5.74, 6) is -1.03. The number of carbonyl (C=O) groups excluding carboxylic acids is 1. The molecular formula is C3H4N2O3. The number of nitroso groups, excluding NO2 is 2. The Morgan fingerprint density at radius 1 is 1.50 bits per heavy atom. The summed E-state index contributed by atoms with van der Waals surface area (Å²) in [5, 5.41) is 4.24. The van der Waals surface area contributed by atoms with Crippen LogP contribution in [0.5, 0.6) is 0 Å². The van der Waals surface area contributed by atoms with Gasteiger partial charge in [0.1, 0.15) is 0 Å². The van der Waals surface area contributed by atoms with E-state index in [0.717, 1.165) is 0 Å². The van der Waals surface area contributed by atoms with Gasteiger partial charge in [0.2, 0.25) is 0 Å². The quantitative estimate of drug-likeness (QED) is 0.491. The van der Waals surface area contributed by atoms with Gasteiger partial charge in [0, 0.05) is 5.18 Å². The number of hydrogen-bond acceptors (Lipinski definition) is 4. The smallest absolute Gasteiger partial charge is 0.266 e. The van der Waals surface area contributed by atoms with Gasteiger partial charge >= 0.3 is 5.91 Å². The number of amides is 1. The van der Waals surface area contributed by atoms with Crippen LogP contribution >= 0.6 is 0 Å². The lowest BCUT2D eigenvalue weighted by Crippen LogP contribution is -2.09. The van der Waals surface area contributed by atoms with Crippen LogP contribution in [0.1, 0.15) is 6.92 Å². The van der Waals surface area contributed by atoms with Gasteiger partial charge in [-0.15, -0.1) is 9.81 Å². The third-order valence-corrected chi connectivity index (χ3v) is 0.605. The summed E-state index contributed by atoms with van der Waals surface area (Å²) in [6.07, 6.45) is 0. The van der Waals surface area contributed by atoms with E-state index in [2.05, 4.69) is 5.18 Å². The average molecular weight is 116 g/mol. The third kappa shape index (κ3) is 1.55. The molecule has 0 aliphatic carbocycles. The highest BCUT2D eigenvalue weighted by molar-refractivity contribution is 5.81. The highest BCUT2D eigenvalue weighted by Crippen LogP contribution is 1.89. The van der Waals surface area contributed by atoms with Gasteiger partial charge in [-0.05, 0) is 6.92 Å². The predicted octanol–water partition coefficient (Wildman–Crippen LogP) is 0.434. The predicted molar refractivity (Wildman–Crippen MR) is 26.1 cm³/mol. The molecule has 0 N–H and O–H groups in total. The fourth-order valence-corrected chi connectivity index (χ4v) is 0.121. The molecule has 0 aliphatic heterocycles. The molecule has 0 aromatic heterocycles. The highest BCUT2D eigenvalue weighted by Gasteiger charge is 2.11. The lowest BCUT2D eigenvalue weighted by Gasteiger charge is -1.86. The standard InChI is InChI=1S/C3H4N2O3/c1-2(4-7)3(6)5-8/h2H,1H3. The van der Waals surface area contributed by atoms with Crippen LogP contribution in [0.2, 0.25) is 0 Å². The lowest BCUT2D eigenvalue weighted by molar-refractivity contribution is -0.118. The molecule has 0 spiro atoms. The normalized spacial score (nSPS) is 12.1. The zero-order valence-electron chi connectivity index (χ0n) is 4.20. The minimum absolute atomic E-state index is 1.03. The van der Waals surface area contributed by atoms with Crippen LogP contribution in [0.3, 0.4) is 0 Å². The molecule has 1 amide bonds. The van der Waals surface area contributed by atoms with Crippen molar-refractivity contribution in [2.45, 2.75) is 13.0 Å². The van der Waals surface area contributed by atoms with Gasteiger partial charge in [0.05, 0.1) is 0 Å². The van der Waals surface area contributed by atoms with Crippen molar-refractivity contribution < 1.29 is 4.79 Å². The second-order valence-corrected chi connectivity index (χ2v) is 1.21. The van der Waals surface area contributed by atoms with Crippen LogP contribution in [0.25, 0.3) is 0 Å². The largest absolute Gasteiger partial charge is 0.313 e. The van der Waals surface area contributed by atoms with Gasteiger partial charge in [0.15, 0.2) is 6.04 Å². The fraction of sp³-hybridized carbons (Fsp3) is 0.667. The number of hydrogen-bond donors (Lipinski definition) is 0. The molecule has 8 heavy (non-hydrogen) atoms. The summed E-state index contributed by atoms with van der Waals surface area (Å²) >= 11 is 0. The van der Waals surface area contributed by atoms with Crippen LogP contribution in [0.4, 0.5) is 0 Å². The average Bonchev–Trinajstić information content (AvgIpc) is 1.84. The van der Waals surface area contributed by atoms with Crippen LogP contribution < -0.4 is 0 Å². The van der Waals surface area contributed by atoms with Gasteiger partial charge in [0.25, 0.3) is 0 Å². The summed E-state index contributed by atoms with van der Waals surface area (Å²) < 4.78 is 0. The van der Waals surface area contributed by atoms with Crippen LogP contribution in [-0.2, 0) is 4.79 Å². The summed E-state index contributed by atoms with van der Waals surface area (Å²) in [6.45, 7) is 1.21. The first-order valence-electron chi connectivity index (χ1n) is 1.92. The second kappa shape index (κ2) is 2.95. The molecule has 0 aromatic carbocycles. The van der Waals surface area contributed by atoms with E-state index in [4.69, 9.17) is 0 Å². The monoisotopic (exact) mass is 116 g/mol. The van der Waals surface area contributed by atoms with E-state index in [1.807, 2.05) is 5.18 Å². The molecule has 44 valence electrons. The van der Waals surface area contributed by atoms with Gasteiger partial charge < -0.3 is 0 Å². The molecule has 1 unspecified atom stereocenters. The highest BCUT2D eigenvalue weighted by atomic mass is 16.3. The van der Waals surface area contributed by atoms with Gasteiger partial charge in [-0.3, -0.25) is 4.79 Å². The minimum atomic E-state index is -1.13. The van der Waals surface area contributed by atoms with E-state index < -0.39 is 11.9 Å². The van der Waals surface area contributed by atoms with Crippen molar-refractivity contribution >= 4 is 5.91 Å². The molecule has 0 fully saturated rings. The second-order valence-electron chi connectivity index (χ2n) is 1.21. The number of carbonyl (C=O) groups is 1. The molecule has 5 nitrogen and oxygen atoms in total. The van der Waals surface area contributed by atoms with Crippen molar-refractivity contribution in [3.05, 3.63) is 9.81 Å². The fourth-order valence-electron chi connectivity index (χ4n) is 0.121. The third-order valence-electron chi connectivity index (χ3n) is 0.605. The maximum absolute atomic E-state index is 9.97. The van der Waals surface area contributed by atoms with Crippen molar-refractivity contribution in [1.29, 1.82) is 0 Å². The molecule has 0 aromatic rings. The van der Waals surface area contributed by atoms with Crippen LogP contribution in [-0.4, -0.2) is 11.9 Å². The van der Waals surface area contributed by atoms with E-state index in [0.29, 0.717) is 0 Å². The van der Waals surface area contributed by atoms with E-state index in [9.17, 15) is 14.6 Å². The number of rotatable bonds is 2. The summed E-state index contributed by atoms with van der Waals surface area (Å²) in [5.41, 5.74) is 0. The first kappa shape index (κ1) is 6.87. The Kier molecular flexibility index (Phi) is 2.53. The molecular weight excluding hydrogens is 112 g/mol. The summed E-state index contributed by atoms with van der Waals surface area (Å²) in [6, 6.07) is -1.13. The Morgan fingerprint density at radius 2 is 2.00 bits per heavy atom. The maximum Gasteiger partial charge on any atom is 0.313 e. The SMILES string of the molecule is CC(N=O)C(=O)N=O. The molecule has 0 heterocycles. The first-order valence-corrected chi connectivity index (χ1v) is 1.92. The van der Waals surface area contributed by atoms with Crippen molar-refractivity contribution in [1.82, 2.24) is 0 Å². The molecule has 0 saturated carbocycles. The van der Waals surface area contributed by atoms with E-state index in [1.165, 1.54) is 6.92 Å². The molecule has 0 rings (SSSR count). The molecule has 0 radical (unpaired) electrons. The van der Waals surface area contributed by atoms with Crippen molar-refractivity contribution in [2.24, 2.45) is 10.4 Å². The first-order chi connectivity index (χ1) is 3.72. The topological polar surface area (TPSA) is 75.9 Å². The van der Waals surface area contributed by atoms with Crippen LogP contribution in [0, 0.1) is 9.81 Å². The minimum Gasteiger partial charge on any atom is -0.266 e. The summed E-state index contributed by atoms with van der Waals surface area (Å²) in [7, 11) is 0. The van der Waals surface area contributed by atoms with Gasteiger partial charge in [-0.2, -0.15) is 0 Å². The van der Waals surface area contributed by atoms with E-state index >= 15 is 0 Å². The Hall–Kier alpha value is -1.13.